The van der Waals surface area contributed by atoms with Gasteiger partial charge in [-0.15, -0.1) is 16.8 Å². The summed E-state index contributed by atoms with van der Waals surface area (Å²) in [6, 6.07) is 5.01. The number of fused-ring (bicyclic) bond motifs is 1. The summed E-state index contributed by atoms with van der Waals surface area (Å²) in [6.07, 6.45) is 1.86. The highest BCUT2D eigenvalue weighted by molar-refractivity contribution is 7.91. The van der Waals surface area contributed by atoms with Gasteiger partial charge in [0.1, 0.15) is 12.4 Å². The number of rotatable bonds is 3. The first-order valence-electron chi connectivity index (χ1n) is 5.82. The van der Waals surface area contributed by atoms with Crippen LogP contribution in [0.15, 0.2) is 22.6 Å². The van der Waals surface area contributed by atoms with Crippen molar-refractivity contribution in [1.29, 1.82) is 0 Å². The third kappa shape index (κ3) is 2.82. The minimum Gasteiger partial charge on any atom is -0.491 e. The molecular formula is C11H15ClN4O3S. The summed E-state index contributed by atoms with van der Waals surface area (Å²) in [5, 5.41) is 0. The van der Waals surface area contributed by atoms with E-state index in [9.17, 15) is 8.42 Å². The van der Waals surface area contributed by atoms with Gasteiger partial charge < -0.3 is 16.2 Å². The van der Waals surface area contributed by atoms with E-state index in [0.717, 1.165) is 12.8 Å². The smallest absolute Gasteiger partial charge is 0.344 e. The molecule has 20 heavy (non-hydrogen) atoms. The molecule has 0 atom stereocenters. The fraction of sp³-hybridized carbons (Fsp3) is 0.364. The maximum atomic E-state index is 11.4. The number of anilines is 1. The Balaban J connectivity index is 0.00000147. The van der Waals surface area contributed by atoms with E-state index in [1.807, 2.05) is 0 Å². The fourth-order valence-electron chi connectivity index (χ4n) is 1.86. The highest BCUT2D eigenvalue weighted by Crippen LogP contribution is 2.35. The molecule has 1 aromatic carbocycles. The van der Waals surface area contributed by atoms with E-state index in [-0.39, 0.29) is 23.8 Å². The zero-order valence-electron chi connectivity index (χ0n) is 10.5. The van der Waals surface area contributed by atoms with Gasteiger partial charge in [-0.25, -0.2) is 0 Å². The molecule has 0 unspecified atom stereocenters. The summed E-state index contributed by atoms with van der Waals surface area (Å²) < 4.78 is 34.2. The third-order valence-corrected chi connectivity index (χ3v) is 4.06. The van der Waals surface area contributed by atoms with Gasteiger partial charge in [0.2, 0.25) is 0 Å². The number of amidine groups is 1. The molecule has 0 saturated heterocycles. The summed E-state index contributed by atoms with van der Waals surface area (Å²) in [6.45, 7) is 0.378. The Labute approximate surface area is 123 Å². The molecule has 7 nitrogen and oxygen atoms in total. The molecule has 1 saturated carbocycles. The Bertz CT molecular complexity index is 670. The van der Waals surface area contributed by atoms with Crippen molar-refractivity contribution in [2.75, 3.05) is 11.3 Å². The Morgan fingerprint density at radius 2 is 2.10 bits per heavy atom. The number of hydrogen-bond donors (Lipinski definition) is 3. The number of nitrogens with one attached hydrogen (secondary N) is 1. The number of ether oxygens (including phenoxy) is 1. The zero-order valence-corrected chi connectivity index (χ0v) is 12.1. The van der Waals surface area contributed by atoms with E-state index in [1.165, 1.54) is 0 Å². The van der Waals surface area contributed by atoms with Crippen molar-refractivity contribution in [3.8, 4) is 5.75 Å². The molecule has 3 rings (SSSR count). The standard InChI is InChI=1S/C11H14N4O3S.ClH/c12-10-9-7(14-19(16,17)15-10)2-1-3-8(9)18-6-11(13)4-5-11;/h1-3,14H,4-6,13H2,(H2,12,15);1H. The van der Waals surface area contributed by atoms with E-state index in [0.29, 0.717) is 23.6 Å². The Morgan fingerprint density at radius 3 is 2.75 bits per heavy atom. The van der Waals surface area contributed by atoms with Crippen molar-refractivity contribution in [1.82, 2.24) is 0 Å². The normalized spacial score (nSPS) is 20.8. The first-order valence-corrected chi connectivity index (χ1v) is 7.26. The van der Waals surface area contributed by atoms with Crippen LogP contribution >= 0.6 is 12.4 Å². The maximum absolute atomic E-state index is 11.4. The van der Waals surface area contributed by atoms with Crippen LogP contribution in [-0.2, 0) is 10.2 Å². The minimum atomic E-state index is -3.76. The summed E-state index contributed by atoms with van der Waals surface area (Å²) in [4.78, 5) is 0. The van der Waals surface area contributed by atoms with Gasteiger partial charge in [0.05, 0.1) is 16.8 Å². The van der Waals surface area contributed by atoms with Crippen LogP contribution in [-0.4, -0.2) is 26.4 Å². The zero-order chi connectivity index (χ0) is 13.7. The van der Waals surface area contributed by atoms with Gasteiger partial charge in [0.15, 0.2) is 5.84 Å². The van der Waals surface area contributed by atoms with E-state index < -0.39 is 10.2 Å². The Kier molecular flexibility index (Phi) is 3.57. The van der Waals surface area contributed by atoms with Crippen LogP contribution in [0.4, 0.5) is 5.69 Å². The summed E-state index contributed by atoms with van der Waals surface area (Å²) in [5.41, 5.74) is 12.2. The van der Waals surface area contributed by atoms with Crippen LogP contribution in [0.2, 0.25) is 0 Å². The number of nitrogens with zero attached hydrogens (tertiary/aromatic N) is 1. The lowest BCUT2D eigenvalue weighted by atomic mass is 10.1. The Hall–Kier alpha value is -1.51. The highest BCUT2D eigenvalue weighted by atomic mass is 35.5. The van der Waals surface area contributed by atoms with Crippen LogP contribution < -0.4 is 20.9 Å². The van der Waals surface area contributed by atoms with Gasteiger partial charge in [0, 0.05) is 0 Å². The molecule has 1 heterocycles. The molecule has 0 amide bonds. The molecule has 2 aliphatic rings. The Morgan fingerprint density at radius 1 is 1.40 bits per heavy atom. The molecule has 5 N–H and O–H groups in total. The predicted molar refractivity (Wildman–Crippen MR) is 78.6 cm³/mol. The lowest BCUT2D eigenvalue weighted by molar-refractivity contribution is 0.279. The van der Waals surface area contributed by atoms with Crippen LogP contribution in [0.1, 0.15) is 18.4 Å². The highest BCUT2D eigenvalue weighted by Gasteiger charge is 2.39. The van der Waals surface area contributed by atoms with Gasteiger partial charge in [-0.3, -0.25) is 4.72 Å². The molecule has 0 bridgehead atoms. The molecule has 0 spiro atoms. The largest absolute Gasteiger partial charge is 0.491 e. The lowest BCUT2D eigenvalue weighted by Gasteiger charge is -2.20. The summed E-state index contributed by atoms with van der Waals surface area (Å²) in [7, 11) is -3.76. The summed E-state index contributed by atoms with van der Waals surface area (Å²) >= 11 is 0. The number of nitrogens with two attached hydrogens (primary N) is 2. The SMILES string of the molecule is Cl.NC1=NS(=O)(=O)Nc2cccc(OCC3(N)CC3)c21. The van der Waals surface area contributed by atoms with Crippen molar-refractivity contribution in [3.05, 3.63) is 23.8 Å². The van der Waals surface area contributed by atoms with Crippen LogP contribution in [0, 0.1) is 0 Å². The second-order valence-electron chi connectivity index (χ2n) is 4.88. The average molecular weight is 319 g/mol. The molecule has 0 aromatic heterocycles. The molecule has 1 fully saturated rings. The quantitative estimate of drug-likeness (QED) is 0.743. The molecule has 1 aromatic rings. The third-order valence-electron chi connectivity index (χ3n) is 3.15. The van der Waals surface area contributed by atoms with E-state index in [1.54, 1.807) is 18.2 Å². The van der Waals surface area contributed by atoms with Gasteiger partial charge in [-0.1, -0.05) is 6.07 Å². The van der Waals surface area contributed by atoms with E-state index >= 15 is 0 Å². The topological polar surface area (TPSA) is 120 Å². The molecule has 9 heteroatoms. The second kappa shape index (κ2) is 4.80. The minimum absolute atomic E-state index is 0. The predicted octanol–water partition coefficient (Wildman–Crippen LogP) is 0.354. The summed E-state index contributed by atoms with van der Waals surface area (Å²) in [5.74, 6) is 0.407. The van der Waals surface area contributed by atoms with Gasteiger partial charge >= 0.3 is 10.2 Å². The number of hydrogen-bond acceptors (Lipinski definition) is 5. The van der Waals surface area contributed by atoms with Crippen molar-refractivity contribution in [2.45, 2.75) is 18.4 Å². The molecule has 110 valence electrons. The van der Waals surface area contributed by atoms with Crippen molar-refractivity contribution in [3.63, 3.8) is 0 Å². The van der Waals surface area contributed by atoms with Crippen molar-refractivity contribution < 1.29 is 13.2 Å². The first kappa shape index (κ1) is 14.9. The van der Waals surface area contributed by atoms with E-state index in [4.69, 9.17) is 16.2 Å². The lowest BCUT2D eigenvalue weighted by Crippen LogP contribution is -2.31. The van der Waals surface area contributed by atoms with Crippen LogP contribution in [0.3, 0.4) is 0 Å². The van der Waals surface area contributed by atoms with Crippen LogP contribution in [0.25, 0.3) is 0 Å². The number of benzene rings is 1. The molecule has 1 aliphatic heterocycles. The average Bonchev–Trinajstić information content (AvgIpc) is 3.03. The molecule has 0 radical (unpaired) electrons. The van der Waals surface area contributed by atoms with Crippen molar-refractivity contribution >= 4 is 34.1 Å². The molecule has 1 aliphatic carbocycles. The monoisotopic (exact) mass is 318 g/mol. The number of halogens is 1. The van der Waals surface area contributed by atoms with Gasteiger partial charge in [0.25, 0.3) is 0 Å². The van der Waals surface area contributed by atoms with Gasteiger partial charge in [-0.2, -0.15) is 8.42 Å². The fourth-order valence-corrected chi connectivity index (χ4v) is 2.71. The molecular weight excluding hydrogens is 304 g/mol. The van der Waals surface area contributed by atoms with Crippen molar-refractivity contribution in [2.24, 2.45) is 15.9 Å². The van der Waals surface area contributed by atoms with Crippen LogP contribution in [0.5, 0.6) is 5.75 Å². The second-order valence-corrected chi connectivity index (χ2v) is 6.22. The van der Waals surface area contributed by atoms with Gasteiger partial charge in [-0.05, 0) is 25.0 Å². The first-order chi connectivity index (χ1) is 8.89. The van der Waals surface area contributed by atoms with E-state index in [2.05, 4.69) is 9.12 Å². The maximum Gasteiger partial charge on any atom is 0.344 e.